The number of nitrogens with one attached hydrogen (secondary N) is 1. The van der Waals surface area contributed by atoms with Crippen molar-refractivity contribution in [2.45, 2.75) is 45.8 Å². The molecule has 0 atom stereocenters. The van der Waals surface area contributed by atoms with E-state index in [0.717, 1.165) is 6.42 Å². The summed E-state index contributed by atoms with van der Waals surface area (Å²) in [6.07, 6.45) is -3.08. The second-order valence-electron chi connectivity index (χ2n) is 4.86. The number of hydrogen-bond donors (Lipinski definition) is 2. The van der Waals surface area contributed by atoms with E-state index in [1.165, 1.54) is 13.8 Å². The van der Waals surface area contributed by atoms with E-state index < -0.39 is 24.7 Å². The third kappa shape index (κ3) is 3.88. The lowest BCUT2D eigenvalue weighted by atomic mass is 10.2. The molecule has 1 rings (SSSR count). The Morgan fingerprint density at radius 1 is 1.45 bits per heavy atom. The molecular weight excluding hydrogens is 273 g/mol. The van der Waals surface area contributed by atoms with Crippen LogP contribution in [0.2, 0.25) is 0 Å². The first kappa shape index (κ1) is 16.3. The number of aromatic nitrogens is 2. The molecular formula is C12H19F3N4O. The maximum Gasteiger partial charge on any atom is 0.406 e. The predicted molar refractivity (Wildman–Crippen MR) is 69.2 cm³/mol. The van der Waals surface area contributed by atoms with E-state index in [-0.39, 0.29) is 11.4 Å². The second-order valence-corrected chi connectivity index (χ2v) is 4.86. The van der Waals surface area contributed by atoms with Crippen LogP contribution in [0.4, 0.5) is 18.9 Å². The number of halogens is 3. The van der Waals surface area contributed by atoms with Gasteiger partial charge in [-0.25, -0.2) is 0 Å². The number of nitrogens with two attached hydrogens (primary N) is 1. The van der Waals surface area contributed by atoms with Gasteiger partial charge in [-0.2, -0.15) is 18.3 Å². The molecule has 0 aliphatic rings. The number of H-pyrrole nitrogens is 1. The van der Waals surface area contributed by atoms with Crippen LogP contribution in [0.25, 0.3) is 0 Å². The fourth-order valence-corrected chi connectivity index (χ4v) is 1.81. The van der Waals surface area contributed by atoms with E-state index in [1.807, 2.05) is 6.92 Å². The van der Waals surface area contributed by atoms with Gasteiger partial charge in [0.2, 0.25) is 0 Å². The van der Waals surface area contributed by atoms with Crippen molar-refractivity contribution >= 4 is 11.6 Å². The van der Waals surface area contributed by atoms with Crippen LogP contribution in [-0.2, 0) is 6.42 Å². The summed E-state index contributed by atoms with van der Waals surface area (Å²) in [5.41, 5.74) is 6.33. The van der Waals surface area contributed by atoms with Crippen LogP contribution in [0.3, 0.4) is 0 Å². The van der Waals surface area contributed by atoms with E-state index in [9.17, 15) is 18.0 Å². The Kier molecular flexibility index (Phi) is 5.02. The first-order valence-electron chi connectivity index (χ1n) is 6.37. The lowest BCUT2D eigenvalue weighted by Gasteiger charge is -2.27. The number of aryl methyl sites for hydroxylation is 1. The highest BCUT2D eigenvalue weighted by Crippen LogP contribution is 2.22. The third-order valence-electron chi connectivity index (χ3n) is 2.82. The number of alkyl halides is 3. The topological polar surface area (TPSA) is 75.0 Å². The van der Waals surface area contributed by atoms with E-state index >= 15 is 0 Å². The van der Waals surface area contributed by atoms with Gasteiger partial charge in [-0.15, -0.1) is 0 Å². The Morgan fingerprint density at radius 2 is 2.05 bits per heavy atom. The minimum absolute atomic E-state index is 0.129. The van der Waals surface area contributed by atoms with Crippen LogP contribution < -0.4 is 5.73 Å². The van der Waals surface area contributed by atoms with E-state index in [0.29, 0.717) is 17.0 Å². The number of carbonyl (C=O) groups is 1. The average molecular weight is 292 g/mol. The SMILES string of the molecule is CCCc1[nH]nc(C(=O)N(CC(F)(F)F)C(C)C)c1N. The normalized spacial score (nSPS) is 11.9. The van der Waals surface area contributed by atoms with Gasteiger partial charge < -0.3 is 10.6 Å². The molecule has 1 aromatic heterocycles. The Balaban J connectivity index is 3.01. The summed E-state index contributed by atoms with van der Waals surface area (Å²) in [5, 5.41) is 6.37. The zero-order valence-electron chi connectivity index (χ0n) is 11.7. The predicted octanol–water partition coefficient (Wildman–Crippen LogP) is 2.36. The third-order valence-corrected chi connectivity index (χ3v) is 2.82. The average Bonchev–Trinajstić information content (AvgIpc) is 2.66. The molecule has 0 unspecified atom stereocenters. The first-order chi connectivity index (χ1) is 9.17. The molecule has 8 heteroatoms. The molecule has 0 radical (unpaired) electrons. The van der Waals surface area contributed by atoms with Gasteiger partial charge in [0.05, 0.1) is 11.4 Å². The van der Waals surface area contributed by atoms with Crippen molar-refractivity contribution in [2.75, 3.05) is 12.3 Å². The summed E-state index contributed by atoms with van der Waals surface area (Å²) in [4.78, 5) is 12.9. The lowest BCUT2D eigenvalue weighted by molar-refractivity contribution is -0.143. The van der Waals surface area contributed by atoms with Gasteiger partial charge >= 0.3 is 6.18 Å². The molecule has 5 nitrogen and oxygen atoms in total. The Morgan fingerprint density at radius 3 is 2.50 bits per heavy atom. The van der Waals surface area contributed by atoms with Gasteiger partial charge in [0.1, 0.15) is 6.54 Å². The zero-order chi connectivity index (χ0) is 15.5. The van der Waals surface area contributed by atoms with Crippen molar-refractivity contribution in [1.82, 2.24) is 15.1 Å². The van der Waals surface area contributed by atoms with E-state index in [2.05, 4.69) is 10.2 Å². The van der Waals surface area contributed by atoms with Crippen molar-refractivity contribution in [2.24, 2.45) is 0 Å². The molecule has 0 aliphatic carbocycles. The fraction of sp³-hybridized carbons (Fsp3) is 0.667. The van der Waals surface area contributed by atoms with Crippen LogP contribution in [-0.4, -0.2) is 39.8 Å². The molecule has 114 valence electrons. The van der Waals surface area contributed by atoms with Gasteiger partial charge in [0.25, 0.3) is 5.91 Å². The minimum Gasteiger partial charge on any atom is -0.395 e. The van der Waals surface area contributed by atoms with Gasteiger partial charge in [0.15, 0.2) is 5.69 Å². The summed E-state index contributed by atoms with van der Waals surface area (Å²) in [7, 11) is 0. The highest BCUT2D eigenvalue weighted by Gasteiger charge is 2.36. The van der Waals surface area contributed by atoms with Crippen molar-refractivity contribution < 1.29 is 18.0 Å². The van der Waals surface area contributed by atoms with Crippen LogP contribution >= 0.6 is 0 Å². The van der Waals surface area contributed by atoms with Gasteiger partial charge in [-0.3, -0.25) is 9.89 Å². The lowest BCUT2D eigenvalue weighted by Crippen LogP contribution is -2.43. The number of hydrogen-bond acceptors (Lipinski definition) is 3. The number of nitrogen functional groups attached to an aromatic ring is 1. The Hall–Kier alpha value is -1.73. The number of aromatic amines is 1. The maximum atomic E-state index is 12.5. The van der Waals surface area contributed by atoms with Gasteiger partial charge in [-0.05, 0) is 20.3 Å². The number of amides is 1. The van der Waals surface area contributed by atoms with Crippen LogP contribution in [0, 0.1) is 0 Å². The molecule has 0 aliphatic heterocycles. The highest BCUT2D eigenvalue weighted by molar-refractivity contribution is 5.97. The molecule has 0 aromatic carbocycles. The molecule has 0 saturated heterocycles. The molecule has 0 saturated carbocycles. The number of carbonyl (C=O) groups excluding carboxylic acids is 1. The minimum atomic E-state index is -4.46. The quantitative estimate of drug-likeness (QED) is 0.874. The molecule has 20 heavy (non-hydrogen) atoms. The molecule has 0 bridgehead atoms. The molecule has 3 N–H and O–H groups in total. The van der Waals surface area contributed by atoms with Crippen LogP contribution in [0.1, 0.15) is 43.4 Å². The molecule has 0 spiro atoms. The highest BCUT2D eigenvalue weighted by atomic mass is 19.4. The van der Waals surface area contributed by atoms with Crippen molar-refractivity contribution in [3.05, 3.63) is 11.4 Å². The standard InChI is InChI=1S/C12H19F3N4O/c1-4-5-8-9(16)10(18-17-8)11(20)19(7(2)3)6-12(13,14)15/h7H,4-6,16H2,1-3H3,(H,17,18). The first-order valence-corrected chi connectivity index (χ1v) is 6.37. The summed E-state index contributed by atoms with van der Waals surface area (Å²) in [6.45, 7) is 3.63. The fourth-order valence-electron chi connectivity index (χ4n) is 1.81. The molecule has 1 aromatic rings. The maximum absolute atomic E-state index is 12.5. The Bertz CT molecular complexity index is 468. The molecule has 1 amide bonds. The largest absolute Gasteiger partial charge is 0.406 e. The molecule has 0 fully saturated rings. The summed E-state index contributed by atoms with van der Waals surface area (Å²) in [6, 6.07) is -0.602. The number of rotatable bonds is 5. The van der Waals surface area contributed by atoms with E-state index in [4.69, 9.17) is 5.73 Å². The zero-order valence-corrected chi connectivity index (χ0v) is 11.7. The van der Waals surface area contributed by atoms with Gasteiger partial charge in [-0.1, -0.05) is 13.3 Å². The summed E-state index contributed by atoms with van der Waals surface area (Å²) < 4.78 is 37.5. The molecule has 1 heterocycles. The van der Waals surface area contributed by atoms with Crippen LogP contribution in [0.15, 0.2) is 0 Å². The number of anilines is 1. The van der Waals surface area contributed by atoms with Crippen molar-refractivity contribution in [3.63, 3.8) is 0 Å². The van der Waals surface area contributed by atoms with Crippen LogP contribution in [0.5, 0.6) is 0 Å². The number of nitrogens with zero attached hydrogens (tertiary/aromatic N) is 2. The summed E-state index contributed by atoms with van der Waals surface area (Å²) >= 11 is 0. The van der Waals surface area contributed by atoms with Crippen molar-refractivity contribution in [3.8, 4) is 0 Å². The second kappa shape index (κ2) is 6.15. The Labute approximate surface area is 115 Å². The van der Waals surface area contributed by atoms with Gasteiger partial charge in [0, 0.05) is 6.04 Å². The van der Waals surface area contributed by atoms with Crippen molar-refractivity contribution in [1.29, 1.82) is 0 Å². The monoisotopic (exact) mass is 292 g/mol. The summed E-state index contributed by atoms with van der Waals surface area (Å²) in [5.74, 6) is -0.812. The smallest absolute Gasteiger partial charge is 0.395 e. The van der Waals surface area contributed by atoms with E-state index in [1.54, 1.807) is 0 Å².